The van der Waals surface area contributed by atoms with Gasteiger partial charge in [0, 0.05) is 19.5 Å². The van der Waals surface area contributed by atoms with Crippen LogP contribution in [0.3, 0.4) is 0 Å². The number of sulfonamides is 1. The molecule has 1 heterocycles. The first kappa shape index (κ1) is 14.9. The van der Waals surface area contributed by atoms with Crippen molar-refractivity contribution in [2.24, 2.45) is 5.92 Å². The van der Waals surface area contributed by atoms with Crippen LogP contribution in [0.25, 0.3) is 0 Å². The SMILES string of the molecule is COC(=O)CCCS(=O)(=O)N1CCCC(C#N)C1. The Kier molecular flexibility index (Phi) is 5.56. The van der Waals surface area contributed by atoms with Crippen molar-refractivity contribution in [3.8, 4) is 6.07 Å². The molecule has 1 unspecified atom stereocenters. The van der Waals surface area contributed by atoms with Crippen molar-refractivity contribution >= 4 is 16.0 Å². The Balaban J connectivity index is 2.48. The van der Waals surface area contributed by atoms with Crippen LogP contribution in [-0.4, -0.2) is 44.6 Å². The summed E-state index contributed by atoms with van der Waals surface area (Å²) in [7, 11) is -2.08. The Labute approximate surface area is 108 Å². The lowest BCUT2D eigenvalue weighted by molar-refractivity contribution is -0.140. The standard InChI is InChI=1S/C11H18N2O4S/c1-17-11(14)5-3-7-18(15,16)13-6-2-4-10(8-12)9-13/h10H,2-7,9H2,1H3. The third-order valence-corrected chi connectivity index (χ3v) is 4.89. The molecule has 1 atom stereocenters. The highest BCUT2D eigenvalue weighted by molar-refractivity contribution is 7.89. The van der Waals surface area contributed by atoms with Gasteiger partial charge in [-0.15, -0.1) is 0 Å². The molecule has 0 aromatic heterocycles. The molecule has 0 aromatic rings. The first-order valence-corrected chi connectivity index (χ1v) is 7.55. The van der Waals surface area contributed by atoms with E-state index in [1.807, 2.05) is 0 Å². The molecule has 0 amide bonds. The fraction of sp³-hybridized carbons (Fsp3) is 0.818. The summed E-state index contributed by atoms with van der Waals surface area (Å²) < 4.78 is 29.8. The summed E-state index contributed by atoms with van der Waals surface area (Å²) in [6.07, 6.45) is 1.83. The number of nitriles is 1. The summed E-state index contributed by atoms with van der Waals surface area (Å²) in [5.41, 5.74) is 0. The predicted octanol–water partition coefficient (Wildman–Crippen LogP) is 0.505. The van der Waals surface area contributed by atoms with Gasteiger partial charge >= 0.3 is 5.97 Å². The summed E-state index contributed by atoms with van der Waals surface area (Å²) in [6, 6.07) is 2.11. The molecular formula is C11H18N2O4S. The third-order valence-electron chi connectivity index (χ3n) is 2.97. The minimum absolute atomic E-state index is 0.0692. The quantitative estimate of drug-likeness (QED) is 0.681. The van der Waals surface area contributed by atoms with Gasteiger partial charge in [0.05, 0.1) is 24.8 Å². The van der Waals surface area contributed by atoms with Gasteiger partial charge in [-0.2, -0.15) is 5.26 Å². The van der Waals surface area contributed by atoms with Crippen LogP contribution in [0.2, 0.25) is 0 Å². The van der Waals surface area contributed by atoms with E-state index in [0.717, 1.165) is 6.42 Å². The molecule has 6 nitrogen and oxygen atoms in total. The summed E-state index contributed by atoms with van der Waals surface area (Å²) in [4.78, 5) is 10.9. The molecule has 0 bridgehead atoms. The van der Waals surface area contributed by atoms with Crippen LogP contribution in [-0.2, 0) is 19.6 Å². The molecule has 0 N–H and O–H groups in total. The molecule has 7 heteroatoms. The number of hydrogen-bond donors (Lipinski definition) is 0. The lowest BCUT2D eigenvalue weighted by Gasteiger charge is -2.28. The van der Waals surface area contributed by atoms with E-state index in [9.17, 15) is 13.2 Å². The lowest BCUT2D eigenvalue weighted by Crippen LogP contribution is -2.40. The number of methoxy groups -OCH3 is 1. The third kappa shape index (κ3) is 4.27. The van der Waals surface area contributed by atoms with Crippen molar-refractivity contribution < 1.29 is 17.9 Å². The van der Waals surface area contributed by atoms with Crippen molar-refractivity contribution in [3.63, 3.8) is 0 Å². The Bertz CT molecular complexity index is 427. The maximum Gasteiger partial charge on any atom is 0.305 e. The second kappa shape index (κ2) is 6.71. The van der Waals surface area contributed by atoms with E-state index >= 15 is 0 Å². The van der Waals surface area contributed by atoms with Gasteiger partial charge in [-0.1, -0.05) is 0 Å². The molecule has 0 aromatic carbocycles. The lowest BCUT2D eigenvalue weighted by atomic mass is 10.0. The van der Waals surface area contributed by atoms with Crippen molar-refractivity contribution in [1.82, 2.24) is 4.31 Å². The number of carbonyl (C=O) groups is 1. The van der Waals surface area contributed by atoms with Crippen molar-refractivity contribution in [3.05, 3.63) is 0 Å². The zero-order chi connectivity index (χ0) is 13.6. The van der Waals surface area contributed by atoms with Crippen LogP contribution in [0.4, 0.5) is 0 Å². The largest absolute Gasteiger partial charge is 0.469 e. The van der Waals surface area contributed by atoms with E-state index in [0.29, 0.717) is 13.0 Å². The van der Waals surface area contributed by atoms with Gasteiger partial charge in [-0.25, -0.2) is 12.7 Å². The van der Waals surface area contributed by atoms with Crippen LogP contribution in [0, 0.1) is 17.2 Å². The summed E-state index contributed by atoms with van der Waals surface area (Å²) >= 11 is 0. The van der Waals surface area contributed by atoms with Crippen LogP contribution < -0.4 is 0 Å². The first-order valence-electron chi connectivity index (χ1n) is 5.94. The highest BCUT2D eigenvalue weighted by Gasteiger charge is 2.28. The smallest absolute Gasteiger partial charge is 0.305 e. The fourth-order valence-electron chi connectivity index (χ4n) is 1.93. The maximum atomic E-state index is 12.0. The summed E-state index contributed by atoms with van der Waals surface area (Å²) in [5, 5.41) is 8.82. The average Bonchev–Trinajstić information content (AvgIpc) is 2.38. The van der Waals surface area contributed by atoms with Gasteiger partial charge in [0.25, 0.3) is 0 Å². The molecule has 18 heavy (non-hydrogen) atoms. The van der Waals surface area contributed by atoms with Gasteiger partial charge in [-0.3, -0.25) is 4.79 Å². The number of piperidine rings is 1. The molecule has 102 valence electrons. The minimum Gasteiger partial charge on any atom is -0.469 e. The number of carbonyl (C=O) groups excluding carboxylic acids is 1. The van der Waals surface area contributed by atoms with Crippen molar-refractivity contribution in [2.45, 2.75) is 25.7 Å². The van der Waals surface area contributed by atoms with E-state index in [1.165, 1.54) is 11.4 Å². The monoisotopic (exact) mass is 274 g/mol. The Hall–Kier alpha value is -1.13. The van der Waals surface area contributed by atoms with E-state index in [1.54, 1.807) is 0 Å². The number of esters is 1. The molecular weight excluding hydrogens is 256 g/mol. The minimum atomic E-state index is -3.36. The van der Waals surface area contributed by atoms with Crippen LogP contribution in [0.1, 0.15) is 25.7 Å². The molecule has 1 rings (SSSR count). The Morgan fingerprint density at radius 3 is 2.89 bits per heavy atom. The van der Waals surface area contributed by atoms with Gasteiger partial charge < -0.3 is 4.74 Å². The molecule has 0 radical (unpaired) electrons. The highest BCUT2D eigenvalue weighted by Crippen LogP contribution is 2.19. The van der Waals surface area contributed by atoms with Gasteiger partial charge in [0.2, 0.25) is 10.0 Å². The van der Waals surface area contributed by atoms with Crippen LogP contribution in [0.5, 0.6) is 0 Å². The summed E-state index contributed by atoms with van der Waals surface area (Å²) in [5.74, 6) is -0.687. The normalized spacial score (nSPS) is 21.2. The Morgan fingerprint density at radius 2 is 2.28 bits per heavy atom. The van der Waals surface area contributed by atoms with E-state index < -0.39 is 16.0 Å². The Morgan fingerprint density at radius 1 is 1.56 bits per heavy atom. The summed E-state index contributed by atoms with van der Waals surface area (Å²) in [6.45, 7) is 0.746. The van der Waals surface area contributed by atoms with E-state index in [4.69, 9.17) is 5.26 Å². The molecule has 1 fully saturated rings. The number of hydrogen-bond acceptors (Lipinski definition) is 5. The van der Waals surface area contributed by atoms with Crippen molar-refractivity contribution in [2.75, 3.05) is 26.0 Å². The van der Waals surface area contributed by atoms with Gasteiger partial charge in [0.15, 0.2) is 0 Å². The zero-order valence-electron chi connectivity index (χ0n) is 10.5. The molecule has 0 saturated carbocycles. The molecule has 1 aliphatic heterocycles. The van der Waals surface area contributed by atoms with Crippen LogP contribution in [0.15, 0.2) is 0 Å². The second-order valence-corrected chi connectivity index (χ2v) is 6.41. The van der Waals surface area contributed by atoms with Gasteiger partial charge in [-0.05, 0) is 19.3 Å². The predicted molar refractivity (Wildman–Crippen MR) is 64.9 cm³/mol. The van der Waals surface area contributed by atoms with Crippen molar-refractivity contribution in [1.29, 1.82) is 5.26 Å². The van der Waals surface area contributed by atoms with E-state index in [-0.39, 0.29) is 31.1 Å². The average molecular weight is 274 g/mol. The van der Waals surface area contributed by atoms with Crippen LogP contribution >= 0.6 is 0 Å². The first-order chi connectivity index (χ1) is 8.49. The molecule has 0 spiro atoms. The zero-order valence-corrected chi connectivity index (χ0v) is 11.3. The van der Waals surface area contributed by atoms with E-state index in [2.05, 4.69) is 10.8 Å². The molecule has 1 aliphatic rings. The number of ether oxygens (including phenoxy) is 1. The maximum absolute atomic E-state index is 12.0. The molecule has 0 aliphatic carbocycles. The van der Waals surface area contributed by atoms with Gasteiger partial charge in [0.1, 0.15) is 0 Å². The fourth-order valence-corrected chi connectivity index (χ4v) is 3.51. The second-order valence-electron chi connectivity index (χ2n) is 4.32. The number of nitrogens with zero attached hydrogens (tertiary/aromatic N) is 2. The highest BCUT2D eigenvalue weighted by atomic mass is 32.2. The topological polar surface area (TPSA) is 87.5 Å². The molecule has 1 saturated heterocycles. The number of rotatable bonds is 5.